The van der Waals surface area contributed by atoms with E-state index in [4.69, 9.17) is 4.74 Å². The number of ether oxygens (including phenoxy) is 1. The zero-order valence-corrected chi connectivity index (χ0v) is 15.6. The van der Waals surface area contributed by atoms with Crippen LogP contribution in [0.25, 0.3) is 0 Å². The first-order chi connectivity index (χ1) is 12.5. The fraction of sp³-hybridized carbons (Fsp3) is 0.300. The standard InChI is InChI=1S/C20H22FNO3S/c1-3-14(2)15-8-10-16(11-9-15)22-19(23)12-25-20(24)13-26-18-7-5-4-6-17(18)21/h4-11,14H,3,12-13H2,1-2H3,(H,22,23)/t14-/m0/s1. The lowest BCUT2D eigenvalue weighted by Crippen LogP contribution is -2.21. The number of hydrogen-bond acceptors (Lipinski definition) is 4. The number of benzene rings is 2. The predicted molar refractivity (Wildman–Crippen MR) is 102 cm³/mol. The number of esters is 1. The smallest absolute Gasteiger partial charge is 0.316 e. The van der Waals surface area contributed by atoms with E-state index in [9.17, 15) is 14.0 Å². The molecule has 1 atom stereocenters. The molecule has 6 heteroatoms. The topological polar surface area (TPSA) is 55.4 Å². The Morgan fingerprint density at radius 1 is 1.15 bits per heavy atom. The van der Waals surface area contributed by atoms with E-state index in [2.05, 4.69) is 19.2 Å². The van der Waals surface area contributed by atoms with Crippen LogP contribution in [0.1, 0.15) is 31.7 Å². The van der Waals surface area contributed by atoms with Crippen LogP contribution in [0.15, 0.2) is 53.4 Å². The summed E-state index contributed by atoms with van der Waals surface area (Å²) in [6.45, 7) is 3.90. The monoisotopic (exact) mass is 375 g/mol. The fourth-order valence-electron chi connectivity index (χ4n) is 2.21. The summed E-state index contributed by atoms with van der Waals surface area (Å²) in [5.74, 6) is -0.958. The van der Waals surface area contributed by atoms with Crippen molar-refractivity contribution in [1.29, 1.82) is 0 Å². The summed E-state index contributed by atoms with van der Waals surface area (Å²) in [6.07, 6.45) is 1.05. The van der Waals surface area contributed by atoms with E-state index in [0.717, 1.165) is 18.2 Å². The third kappa shape index (κ3) is 6.19. The van der Waals surface area contributed by atoms with E-state index in [0.29, 0.717) is 16.5 Å². The molecule has 4 nitrogen and oxygen atoms in total. The molecule has 0 fully saturated rings. The van der Waals surface area contributed by atoms with E-state index < -0.39 is 11.9 Å². The molecule has 2 aromatic carbocycles. The van der Waals surface area contributed by atoms with Crippen LogP contribution < -0.4 is 5.32 Å². The van der Waals surface area contributed by atoms with Crippen LogP contribution >= 0.6 is 11.8 Å². The Hall–Kier alpha value is -2.34. The summed E-state index contributed by atoms with van der Waals surface area (Å²) in [4.78, 5) is 23.9. The number of carbonyl (C=O) groups is 2. The van der Waals surface area contributed by atoms with Gasteiger partial charge in [-0.2, -0.15) is 0 Å². The number of amides is 1. The van der Waals surface area contributed by atoms with Gasteiger partial charge in [-0.1, -0.05) is 38.1 Å². The van der Waals surface area contributed by atoms with Crippen LogP contribution in [-0.2, 0) is 14.3 Å². The van der Waals surface area contributed by atoms with Gasteiger partial charge in [-0.3, -0.25) is 9.59 Å². The molecule has 1 amide bonds. The van der Waals surface area contributed by atoms with Crippen molar-refractivity contribution in [2.24, 2.45) is 0 Å². The zero-order valence-electron chi connectivity index (χ0n) is 14.8. The van der Waals surface area contributed by atoms with E-state index >= 15 is 0 Å². The minimum absolute atomic E-state index is 0.0577. The Bertz CT molecular complexity index is 749. The van der Waals surface area contributed by atoms with Gasteiger partial charge in [0.05, 0.1) is 5.75 Å². The minimum Gasteiger partial charge on any atom is -0.455 e. The lowest BCUT2D eigenvalue weighted by molar-refractivity contribution is -0.144. The van der Waals surface area contributed by atoms with Crippen molar-refractivity contribution in [2.75, 3.05) is 17.7 Å². The van der Waals surface area contributed by atoms with Crippen LogP contribution in [0.4, 0.5) is 10.1 Å². The molecular weight excluding hydrogens is 353 g/mol. The highest BCUT2D eigenvalue weighted by Gasteiger charge is 2.10. The molecule has 0 saturated heterocycles. The Balaban J connectivity index is 1.74. The zero-order chi connectivity index (χ0) is 18.9. The third-order valence-electron chi connectivity index (χ3n) is 3.92. The van der Waals surface area contributed by atoms with Crippen LogP contribution in [0, 0.1) is 5.82 Å². The second kappa shape index (κ2) is 9.97. The van der Waals surface area contributed by atoms with Crippen molar-refractivity contribution in [1.82, 2.24) is 0 Å². The summed E-state index contributed by atoms with van der Waals surface area (Å²) in [6, 6.07) is 13.8. The summed E-state index contributed by atoms with van der Waals surface area (Å²) >= 11 is 1.04. The van der Waals surface area contributed by atoms with Crippen LogP contribution in [0.5, 0.6) is 0 Å². The van der Waals surface area contributed by atoms with Crippen LogP contribution in [0.2, 0.25) is 0 Å². The molecule has 0 saturated carbocycles. The highest BCUT2D eigenvalue weighted by molar-refractivity contribution is 8.00. The summed E-state index contributed by atoms with van der Waals surface area (Å²) in [5, 5.41) is 2.68. The molecule has 1 N–H and O–H groups in total. The van der Waals surface area contributed by atoms with Crippen molar-refractivity contribution in [3.8, 4) is 0 Å². The maximum atomic E-state index is 13.5. The maximum Gasteiger partial charge on any atom is 0.316 e. The number of nitrogens with one attached hydrogen (secondary N) is 1. The normalized spacial score (nSPS) is 11.7. The van der Waals surface area contributed by atoms with Gasteiger partial charge in [-0.25, -0.2) is 4.39 Å². The average Bonchev–Trinajstić information content (AvgIpc) is 2.65. The molecule has 0 aliphatic rings. The fourth-order valence-corrected chi connectivity index (χ4v) is 2.95. The molecule has 0 unspecified atom stereocenters. The van der Waals surface area contributed by atoms with Crippen molar-refractivity contribution >= 4 is 29.3 Å². The minimum atomic E-state index is -0.569. The summed E-state index contributed by atoms with van der Waals surface area (Å²) in [7, 11) is 0. The summed E-state index contributed by atoms with van der Waals surface area (Å²) in [5.41, 5.74) is 1.86. The number of halogens is 1. The first-order valence-electron chi connectivity index (χ1n) is 8.42. The van der Waals surface area contributed by atoms with Gasteiger partial charge < -0.3 is 10.1 Å². The van der Waals surface area contributed by atoms with E-state index in [-0.39, 0.29) is 18.2 Å². The predicted octanol–water partition coefficient (Wildman–Crippen LogP) is 4.61. The highest BCUT2D eigenvalue weighted by Crippen LogP contribution is 2.21. The Kier molecular flexibility index (Phi) is 7.66. The van der Waals surface area contributed by atoms with E-state index in [1.807, 2.05) is 24.3 Å². The van der Waals surface area contributed by atoms with Gasteiger partial charge in [-0.05, 0) is 42.2 Å². The molecule has 26 heavy (non-hydrogen) atoms. The third-order valence-corrected chi connectivity index (χ3v) is 4.94. The molecule has 0 aromatic heterocycles. The van der Waals surface area contributed by atoms with Crippen LogP contribution in [0.3, 0.4) is 0 Å². The molecular formula is C20H22FNO3S. The average molecular weight is 375 g/mol. The Labute approximate surface area is 157 Å². The molecule has 0 bridgehead atoms. The van der Waals surface area contributed by atoms with Gasteiger partial charge >= 0.3 is 5.97 Å². The van der Waals surface area contributed by atoms with Crippen molar-refractivity contribution in [2.45, 2.75) is 31.1 Å². The van der Waals surface area contributed by atoms with Gasteiger partial charge in [0.2, 0.25) is 0 Å². The second-order valence-electron chi connectivity index (χ2n) is 5.86. The van der Waals surface area contributed by atoms with Gasteiger partial charge in [0.15, 0.2) is 6.61 Å². The first-order valence-corrected chi connectivity index (χ1v) is 9.41. The second-order valence-corrected chi connectivity index (χ2v) is 6.88. The van der Waals surface area contributed by atoms with Gasteiger partial charge in [0.1, 0.15) is 5.82 Å². The SMILES string of the molecule is CC[C@H](C)c1ccc(NC(=O)COC(=O)CSc2ccccc2F)cc1. The van der Waals surface area contributed by atoms with Gasteiger partial charge in [0.25, 0.3) is 5.91 Å². The molecule has 0 aliphatic heterocycles. The van der Waals surface area contributed by atoms with Crippen molar-refractivity contribution in [3.05, 3.63) is 59.9 Å². The van der Waals surface area contributed by atoms with Crippen molar-refractivity contribution in [3.63, 3.8) is 0 Å². The molecule has 2 aromatic rings. The Morgan fingerprint density at radius 2 is 1.85 bits per heavy atom. The number of rotatable bonds is 8. The maximum absolute atomic E-state index is 13.5. The molecule has 0 radical (unpaired) electrons. The molecule has 0 heterocycles. The van der Waals surface area contributed by atoms with E-state index in [1.165, 1.54) is 11.6 Å². The first kappa shape index (κ1) is 20.0. The molecule has 138 valence electrons. The van der Waals surface area contributed by atoms with Gasteiger partial charge in [-0.15, -0.1) is 11.8 Å². The van der Waals surface area contributed by atoms with E-state index in [1.54, 1.807) is 18.2 Å². The molecule has 2 rings (SSSR count). The van der Waals surface area contributed by atoms with Gasteiger partial charge in [0, 0.05) is 10.6 Å². The highest BCUT2D eigenvalue weighted by atomic mass is 32.2. The quantitative estimate of drug-likeness (QED) is 0.541. The number of carbonyl (C=O) groups excluding carboxylic acids is 2. The lowest BCUT2D eigenvalue weighted by atomic mass is 9.99. The largest absolute Gasteiger partial charge is 0.455 e. The molecule has 0 spiro atoms. The number of thioether (sulfide) groups is 1. The number of anilines is 1. The number of hydrogen-bond donors (Lipinski definition) is 1. The van der Waals surface area contributed by atoms with Crippen LogP contribution in [-0.4, -0.2) is 24.2 Å². The van der Waals surface area contributed by atoms with Crippen molar-refractivity contribution < 1.29 is 18.7 Å². The Morgan fingerprint density at radius 3 is 2.50 bits per heavy atom. The summed E-state index contributed by atoms with van der Waals surface area (Å²) < 4.78 is 18.4. The molecule has 0 aliphatic carbocycles. The lowest BCUT2D eigenvalue weighted by Gasteiger charge is -2.10.